The summed E-state index contributed by atoms with van der Waals surface area (Å²) in [5, 5.41) is 2.99. The first-order chi connectivity index (χ1) is 13.7. The molecule has 0 aliphatic carbocycles. The van der Waals surface area contributed by atoms with Crippen LogP contribution in [0.3, 0.4) is 0 Å². The Bertz CT molecular complexity index is 759. The van der Waals surface area contributed by atoms with Crippen molar-refractivity contribution in [2.75, 3.05) is 46.9 Å². The van der Waals surface area contributed by atoms with E-state index in [1.165, 1.54) is 5.56 Å². The number of carbonyl (C=O) groups is 1. The number of methoxy groups -OCH3 is 2. The van der Waals surface area contributed by atoms with Gasteiger partial charge >= 0.3 is 0 Å². The molecule has 2 aromatic rings. The third kappa shape index (κ3) is 5.71. The van der Waals surface area contributed by atoms with E-state index in [2.05, 4.69) is 39.4 Å². The Morgan fingerprint density at radius 3 is 2.36 bits per heavy atom. The van der Waals surface area contributed by atoms with Crippen LogP contribution in [0, 0.1) is 0 Å². The fourth-order valence-electron chi connectivity index (χ4n) is 3.40. The lowest BCUT2D eigenvalue weighted by Gasteiger charge is -2.34. The van der Waals surface area contributed by atoms with Gasteiger partial charge in [0, 0.05) is 50.9 Å². The maximum absolute atomic E-state index is 12.3. The predicted molar refractivity (Wildman–Crippen MR) is 110 cm³/mol. The first kappa shape index (κ1) is 20.2. The summed E-state index contributed by atoms with van der Waals surface area (Å²) < 4.78 is 10.6. The van der Waals surface area contributed by atoms with Gasteiger partial charge in [0.15, 0.2) is 0 Å². The number of hydrogen-bond donors (Lipinski definition) is 1. The molecular formula is C22H29N3O3. The zero-order valence-electron chi connectivity index (χ0n) is 16.7. The van der Waals surface area contributed by atoms with Crippen LogP contribution in [0.5, 0.6) is 11.5 Å². The van der Waals surface area contributed by atoms with Crippen LogP contribution >= 0.6 is 0 Å². The minimum atomic E-state index is 0.0365. The van der Waals surface area contributed by atoms with Gasteiger partial charge in [-0.15, -0.1) is 0 Å². The van der Waals surface area contributed by atoms with Crippen LogP contribution in [-0.2, 0) is 17.9 Å². The first-order valence-corrected chi connectivity index (χ1v) is 9.64. The van der Waals surface area contributed by atoms with Crippen molar-refractivity contribution in [2.24, 2.45) is 0 Å². The molecule has 2 aromatic carbocycles. The largest absolute Gasteiger partial charge is 0.497 e. The summed E-state index contributed by atoms with van der Waals surface area (Å²) in [6.07, 6.45) is 0. The summed E-state index contributed by atoms with van der Waals surface area (Å²) in [5.74, 6) is 1.49. The molecule has 1 N–H and O–H groups in total. The number of rotatable bonds is 8. The Morgan fingerprint density at radius 1 is 0.964 bits per heavy atom. The van der Waals surface area contributed by atoms with Gasteiger partial charge in [-0.05, 0) is 17.7 Å². The third-order valence-corrected chi connectivity index (χ3v) is 5.05. The van der Waals surface area contributed by atoms with E-state index in [9.17, 15) is 4.79 Å². The normalized spacial score (nSPS) is 15.2. The van der Waals surface area contributed by atoms with E-state index in [0.29, 0.717) is 18.8 Å². The molecule has 0 radical (unpaired) electrons. The van der Waals surface area contributed by atoms with Crippen LogP contribution in [0.25, 0.3) is 0 Å². The van der Waals surface area contributed by atoms with Gasteiger partial charge in [0.1, 0.15) is 11.5 Å². The Morgan fingerprint density at radius 2 is 1.68 bits per heavy atom. The lowest BCUT2D eigenvalue weighted by molar-refractivity contribution is -0.122. The van der Waals surface area contributed by atoms with E-state index in [4.69, 9.17) is 9.47 Å². The Labute approximate surface area is 167 Å². The average Bonchev–Trinajstić information content (AvgIpc) is 2.74. The molecule has 0 aromatic heterocycles. The van der Waals surface area contributed by atoms with Crippen molar-refractivity contribution in [1.82, 2.24) is 15.1 Å². The predicted octanol–water partition coefficient (Wildman–Crippen LogP) is 2.14. The highest BCUT2D eigenvalue weighted by Gasteiger charge is 2.19. The quantitative estimate of drug-likeness (QED) is 0.757. The fraction of sp³-hybridized carbons (Fsp3) is 0.409. The Kier molecular flexibility index (Phi) is 7.28. The number of hydrogen-bond acceptors (Lipinski definition) is 5. The van der Waals surface area contributed by atoms with Crippen molar-refractivity contribution in [3.63, 3.8) is 0 Å². The van der Waals surface area contributed by atoms with Crippen molar-refractivity contribution in [3.05, 3.63) is 59.7 Å². The maximum atomic E-state index is 12.3. The molecule has 1 aliphatic rings. The Hall–Kier alpha value is -2.57. The number of benzene rings is 2. The molecule has 1 aliphatic heterocycles. The van der Waals surface area contributed by atoms with Gasteiger partial charge in [0.05, 0.1) is 20.8 Å². The first-order valence-electron chi connectivity index (χ1n) is 9.64. The lowest BCUT2D eigenvalue weighted by Crippen LogP contribution is -2.49. The molecule has 6 heteroatoms. The smallest absolute Gasteiger partial charge is 0.234 e. The molecule has 1 heterocycles. The minimum absolute atomic E-state index is 0.0365. The molecule has 0 saturated carbocycles. The highest BCUT2D eigenvalue weighted by molar-refractivity contribution is 5.78. The van der Waals surface area contributed by atoms with Crippen molar-refractivity contribution < 1.29 is 14.3 Å². The van der Waals surface area contributed by atoms with E-state index >= 15 is 0 Å². The second kappa shape index (κ2) is 10.1. The number of amides is 1. The minimum Gasteiger partial charge on any atom is -0.497 e. The molecule has 1 saturated heterocycles. The molecule has 1 amide bonds. The number of nitrogens with zero attached hydrogens (tertiary/aromatic N) is 2. The van der Waals surface area contributed by atoms with Crippen LogP contribution in [0.4, 0.5) is 0 Å². The molecule has 0 spiro atoms. The van der Waals surface area contributed by atoms with Crippen molar-refractivity contribution in [2.45, 2.75) is 13.1 Å². The molecule has 0 bridgehead atoms. The second-order valence-electron chi connectivity index (χ2n) is 6.99. The zero-order valence-corrected chi connectivity index (χ0v) is 16.7. The third-order valence-electron chi connectivity index (χ3n) is 5.05. The molecular weight excluding hydrogens is 354 g/mol. The monoisotopic (exact) mass is 383 g/mol. The van der Waals surface area contributed by atoms with E-state index in [-0.39, 0.29) is 5.91 Å². The van der Waals surface area contributed by atoms with Crippen LogP contribution in [-0.4, -0.2) is 62.7 Å². The van der Waals surface area contributed by atoms with Gasteiger partial charge < -0.3 is 14.8 Å². The van der Waals surface area contributed by atoms with Crippen LogP contribution in [0.1, 0.15) is 11.1 Å². The average molecular weight is 383 g/mol. The number of ether oxygens (including phenoxy) is 2. The molecule has 1 fully saturated rings. The van der Waals surface area contributed by atoms with Crippen molar-refractivity contribution >= 4 is 5.91 Å². The van der Waals surface area contributed by atoms with Gasteiger partial charge in [-0.3, -0.25) is 14.6 Å². The summed E-state index contributed by atoms with van der Waals surface area (Å²) in [6.45, 7) is 5.62. The highest BCUT2D eigenvalue weighted by Crippen LogP contribution is 2.24. The van der Waals surface area contributed by atoms with Crippen LogP contribution in [0.2, 0.25) is 0 Å². The summed E-state index contributed by atoms with van der Waals surface area (Å²) >= 11 is 0. The fourth-order valence-corrected chi connectivity index (χ4v) is 3.40. The highest BCUT2D eigenvalue weighted by atomic mass is 16.5. The SMILES string of the molecule is COc1ccc(CNC(=O)CN2CCN(Cc3ccccc3)CC2)c(OC)c1. The standard InChI is InChI=1S/C22H29N3O3/c1-27-20-9-8-19(21(14-20)28-2)15-23-22(26)17-25-12-10-24(11-13-25)16-18-6-4-3-5-7-18/h3-9,14H,10-13,15-17H2,1-2H3,(H,23,26). The molecule has 28 heavy (non-hydrogen) atoms. The van der Waals surface area contributed by atoms with E-state index in [1.807, 2.05) is 24.3 Å². The summed E-state index contributed by atoms with van der Waals surface area (Å²) in [4.78, 5) is 17.0. The summed E-state index contributed by atoms with van der Waals surface area (Å²) in [7, 11) is 3.24. The summed E-state index contributed by atoms with van der Waals surface area (Å²) in [5.41, 5.74) is 2.27. The molecule has 6 nitrogen and oxygen atoms in total. The second-order valence-corrected chi connectivity index (χ2v) is 6.99. The van der Waals surface area contributed by atoms with E-state index < -0.39 is 0 Å². The number of piperazine rings is 1. The van der Waals surface area contributed by atoms with E-state index in [1.54, 1.807) is 14.2 Å². The molecule has 0 unspecified atom stereocenters. The van der Waals surface area contributed by atoms with Gasteiger partial charge in [-0.1, -0.05) is 30.3 Å². The summed E-state index contributed by atoms with van der Waals surface area (Å²) in [6, 6.07) is 16.1. The maximum Gasteiger partial charge on any atom is 0.234 e. The van der Waals surface area contributed by atoms with Gasteiger partial charge in [0.2, 0.25) is 5.91 Å². The van der Waals surface area contributed by atoms with Gasteiger partial charge in [-0.2, -0.15) is 0 Å². The zero-order chi connectivity index (χ0) is 19.8. The molecule has 0 atom stereocenters. The number of carbonyl (C=O) groups excluding carboxylic acids is 1. The van der Waals surface area contributed by atoms with Gasteiger partial charge in [-0.25, -0.2) is 0 Å². The topological polar surface area (TPSA) is 54.0 Å². The Balaban J connectivity index is 1.41. The van der Waals surface area contributed by atoms with Crippen molar-refractivity contribution in [3.8, 4) is 11.5 Å². The van der Waals surface area contributed by atoms with Crippen molar-refractivity contribution in [1.29, 1.82) is 0 Å². The van der Waals surface area contributed by atoms with Gasteiger partial charge in [0.25, 0.3) is 0 Å². The molecule has 150 valence electrons. The van der Waals surface area contributed by atoms with Crippen LogP contribution in [0.15, 0.2) is 48.5 Å². The van der Waals surface area contributed by atoms with Crippen LogP contribution < -0.4 is 14.8 Å². The van der Waals surface area contributed by atoms with E-state index in [0.717, 1.165) is 44.0 Å². The lowest BCUT2D eigenvalue weighted by atomic mass is 10.2. The number of nitrogens with one attached hydrogen (secondary N) is 1. The molecule has 3 rings (SSSR count).